The molecule has 1 aliphatic rings. The zero-order valence-electron chi connectivity index (χ0n) is 12.1. The van der Waals surface area contributed by atoms with E-state index in [4.69, 9.17) is 0 Å². The van der Waals surface area contributed by atoms with Gasteiger partial charge in [-0.05, 0) is 43.2 Å². The molecule has 0 aliphatic carbocycles. The second-order valence-electron chi connectivity index (χ2n) is 5.53. The van der Waals surface area contributed by atoms with E-state index in [1.165, 1.54) is 33.8 Å². The van der Waals surface area contributed by atoms with E-state index >= 15 is 0 Å². The van der Waals surface area contributed by atoms with E-state index in [0.29, 0.717) is 12.1 Å². The Morgan fingerprint density at radius 2 is 1.85 bits per heavy atom. The van der Waals surface area contributed by atoms with Crippen LogP contribution in [0.1, 0.15) is 42.1 Å². The minimum Gasteiger partial charge on any atom is -0.303 e. The third-order valence-corrected chi connectivity index (χ3v) is 5.11. The van der Waals surface area contributed by atoms with E-state index in [2.05, 4.69) is 67.7 Å². The second kappa shape index (κ2) is 6.02. The Bertz CT molecular complexity index is 576. The highest BCUT2D eigenvalue weighted by atomic mass is 32.2. The molecule has 1 heterocycles. The molecule has 1 N–H and O–H groups in total. The van der Waals surface area contributed by atoms with Gasteiger partial charge in [0.1, 0.15) is 0 Å². The zero-order chi connectivity index (χ0) is 13.9. The van der Waals surface area contributed by atoms with Crippen LogP contribution in [-0.2, 0) is 0 Å². The van der Waals surface area contributed by atoms with Crippen LogP contribution in [-0.4, -0.2) is 5.75 Å². The lowest BCUT2D eigenvalue weighted by atomic mass is 10.0. The summed E-state index contributed by atoms with van der Waals surface area (Å²) in [5, 5.41) is 3.80. The van der Waals surface area contributed by atoms with Gasteiger partial charge in [0.2, 0.25) is 0 Å². The Morgan fingerprint density at radius 3 is 2.65 bits per heavy atom. The average molecular weight is 283 g/mol. The molecule has 20 heavy (non-hydrogen) atoms. The third-order valence-electron chi connectivity index (χ3n) is 3.99. The molecular weight excluding hydrogens is 262 g/mol. The highest BCUT2D eigenvalue weighted by Gasteiger charge is 2.21. The van der Waals surface area contributed by atoms with Gasteiger partial charge in [-0.15, -0.1) is 11.8 Å². The van der Waals surface area contributed by atoms with Crippen LogP contribution in [0.5, 0.6) is 0 Å². The average Bonchev–Trinajstić information content (AvgIpc) is 2.48. The molecule has 3 rings (SSSR count). The van der Waals surface area contributed by atoms with Crippen molar-refractivity contribution in [2.24, 2.45) is 0 Å². The molecule has 2 aromatic rings. The standard InChI is InChI=1S/C18H21NS/c1-13-7-9-15(10-8-13)14(2)19-17-11-12-20-18-6-4-3-5-16(17)18/h3-10,14,17,19H,11-12H2,1-2H3/t14-,17?/m1/s1. The van der Waals surface area contributed by atoms with Gasteiger partial charge in [-0.3, -0.25) is 0 Å². The maximum atomic E-state index is 3.80. The fourth-order valence-corrected chi connectivity index (χ4v) is 3.89. The van der Waals surface area contributed by atoms with Crippen molar-refractivity contribution in [3.8, 4) is 0 Å². The van der Waals surface area contributed by atoms with Crippen molar-refractivity contribution < 1.29 is 0 Å². The van der Waals surface area contributed by atoms with Crippen LogP contribution < -0.4 is 5.32 Å². The van der Waals surface area contributed by atoms with Gasteiger partial charge < -0.3 is 5.32 Å². The molecule has 0 spiro atoms. The van der Waals surface area contributed by atoms with Gasteiger partial charge in [-0.25, -0.2) is 0 Å². The normalized spacial score (nSPS) is 19.4. The lowest BCUT2D eigenvalue weighted by Crippen LogP contribution is -2.27. The van der Waals surface area contributed by atoms with Crippen molar-refractivity contribution in [2.45, 2.75) is 37.2 Å². The Hall–Kier alpha value is -1.25. The maximum absolute atomic E-state index is 3.80. The van der Waals surface area contributed by atoms with Gasteiger partial charge in [-0.2, -0.15) is 0 Å². The Kier molecular flexibility index (Phi) is 4.13. The molecule has 0 saturated carbocycles. The summed E-state index contributed by atoms with van der Waals surface area (Å²) in [6.45, 7) is 4.39. The van der Waals surface area contributed by atoms with E-state index in [9.17, 15) is 0 Å². The summed E-state index contributed by atoms with van der Waals surface area (Å²) in [6, 6.07) is 18.5. The summed E-state index contributed by atoms with van der Waals surface area (Å²) >= 11 is 1.98. The van der Waals surface area contributed by atoms with Crippen LogP contribution in [0.25, 0.3) is 0 Å². The smallest absolute Gasteiger partial charge is 0.0344 e. The number of fused-ring (bicyclic) bond motifs is 1. The molecule has 1 nitrogen and oxygen atoms in total. The van der Waals surface area contributed by atoms with Crippen LogP contribution in [0.3, 0.4) is 0 Å². The summed E-state index contributed by atoms with van der Waals surface area (Å²) in [5.41, 5.74) is 4.15. The fourth-order valence-electron chi connectivity index (χ4n) is 2.77. The molecule has 0 saturated heterocycles. The molecule has 1 unspecified atom stereocenters. The quantitative estimate of drug-likeness (QED) is 0.861. The molecule has 2 heteroatoms. The number of benzene rings is 2. The van der Waals surface area contributed by atoms with Gasteiger partial charge in [0, 0.05) is 17.0 Å². The summed E-state index contributed by atoms with van der Waals surface area (Å²) < 4.78 is 0. The van der Waals surface area contributed by atoms with Crippen molar-refractivity contribution in [3.63, 3.8) is 0 Å². The Labute approximate surface area is 125 Å². The number of aryl methyl sites for hydroxylation is 1. The molecule has 0 radical (unpaired) electrons. The first-order valence-corrected chi connectivity index (χ1v) is 8.27. The van der Waals surface area contributed by atoms with Crippen LogP contribution in [0, 0.1) is 6.92 Å². The largest absolute Gasteiger partial charge is 0.303 e. The topological polar surface area (TPSA) is 12.0 Å². The number of thioether (sulfide) groups is 1. The van der Waals surface area contributed by atoms with Gasteiger partial charge >= 0.3 is 0 Å². The SMILES string of the molecule is Cc1ccc([C@@H](C)NC2CCSc3ccccc32)cc1. The summed E-state index contributed by atoms with van der Waals surface area (Å²) in [6.07, 6.45) is 1.21. The molecule has 0 fully saturated rings. The van der Waals surface area contributed by atoms with Crippen LogP contribution >= 0.6 is 11.8 Å². The van der Waals surface area contributed by atoms with Gasteiger partial charge in [0.15, 0.2) is 0 Å². The minimum absolute atomic E-state index is 0.386. The fraction of sp³-hybridized carbons (Fsp3) is 0.333. The summed E-state index contributed by atoms with van der Waals surface area (Å²) in [4.78, 5) is 1.44. The van der Waals surface area contributed by atoms with Gasteiger partial charge in [0.05, 0.1) is 0 Å². The van der Waals surface area contributed by atoms with E-state index in [1.807, 2.05) is 11.8 Å². The van der Waals surface area contributed by atoms with Gasteiger partial charge in [0.25, 0.3) is 0 Å². The Morgan fingerprint density at radius 1 is 1.10 bits per heavy atom. The van der Waals surface area contributed by atoms with E-state index in [0.717, 1.165) is 0 Å². The number of nitrogens with one attached hydrogen (secondary N) is 1. The molecule has 0 amide bonds. The number of hydrogen-bond acceptors (Lipinski definition) is 2. The lowest BCUT2D eigenvalue weighted by molar-refractivity contribution is 0.450. The number of rotatable bonds is 3. The molecule has 104 valence electrons. The van der Waals surface area contributed by atoms with Gasteiger partial charge in [-0.1, -0.05) is 48.0 Å². The van der Waals surface area contributed by atoms with Crippen molar-refractivity contribution in [2.75, 3.05) is 5.75 Å². The maximum Gasteiger partial charge on any atom is 0.0344 e. The van der Waals surface area contributed by atoms with Crippen molar-refractivity contribution >= 4 is 11.8 Å². The van der Waals surface area contributed by atoms with E-state index in [-0.39, 0.29) is 0 Å². The first-order chi connectivity index (χ1) is 9.74. The minimum atomic E-state index is 0.386. The number of hydrogen-bond donors (Lipinski definition) is 1. The molecule has 0 bridgehead atoms. The van der Waals surface area contributed by atoms with Crippen LogP contribution in [0.2, 0.25) is 0 Å². The highest BCUT2D eigenvalue weighted by molar-refractivity contribution is 7.99. The first kappa shape index (κ1) is 13.7. The van der Waals surface area contributed by atoms with Crippen LogP contribution in [0.15, 0.2) is 53.4 Å². The lowest BCUT2D eigenvalue weighted by Gasteiger charge is -2.29. The van der Waals surface area contributed by atoms with Crippen molar-refractivity contribution in [3.05, 3.63) is 65.2 Å². The van der Waals surface area contributed by atoms with Crippen molar-refractivity contribution in [1.29, 1.82) is 0 Å². The highest BCUT2D eigenvalue weighted by Crippen LogP contribution is 2.37. The summed E-state index contributed by atoms with van der Waals surface area (Å²) in [7, 11) is 0. The third kappa shape index (κ3) is 2.92. The molecule has 1 aliphatic heterocycles. The van der Waals surface area contributed by atoms with Crippen LogP contribution in [0.4, 0.5) is 0 Å². The van der Waals surface area contributed by atoms with E-state index in [1.54, 1.807) is 0 Å². The monoisotopic (exact) mass is 283 g/mol. The second-order valence-corrected chi connectivity index (χ2v) is 6.66. The predicted octanol–water partition coefficient (Wildman–Crippen LogP) is 4.88. The predicted molar refractivity (Wildman–Crippen MR) is 87.3 cm³/mol. The summed E-state index contributed by atoms with van der Waals surface area (Å²) in [5.74, 6) is 1.20. The zero-order valence-corrected chi connectivity index (χ0v) is 12.9. The molecule has 0 aromatic heterocycles. The Balaban J connectivity index is 1.77. The molecular formula is C18H21NS. The molecule has 2 atom stereocenters. The first-order valence-electron chi connectivity index (χ1n) is 7.28. The van der Waals surface area contributed by atoms with Crippen molar-refractivity contribution in [1.82, 2.24) is 5.32 Å². The molecule has 2 aromatic carbocycles. The van der Waals surface area contributed by atoms with E-state index < -0.39 is 0 Å².